The van der Waals surface area contributed by atoms with Gasteiger partial charge in [0, 0.05) is 38.0 Å². The van der Waals surface area contributed by atoms with Crippen molar-refractivity contribution in [2.75, 3.05) is 26.0 Å². The van der Waals surface area contributed by atoms with E-state index in [4.69, 9.17) is 0 Å². The van der Waals surface area contributed by atoms with Crippen LogP contribution in [0.5, 0.6) is 0 Å². The number of non-ortho nitro benzene ring substituents is 1. The fourth-order valence-corrected chi connectivity index (χ4v) is 1.85. The number of benzene rings is 1. The van der Waals surface area contributed by atoms with Crippen molar-refractivity contribution in [1.82, 2.24) is 4.90 Å². The normalized spacial score (nSPS) is 12.5. The summed E-state index contributed by atoms with van der Waals surface area (Å²) in [6.45, 7) is 3.09. The number of nitro benzene ring substituents is 1. The van der Waals surface area contributed by atoms with E-state index >= 15 is 0 Å². The van der Waals surface area contributed by atoms with Gasteiger partial charge in [-0.25, -0.2) is 0 Å². The van der Waals surface area contributed by atoms with Crippen LogP contribution in [0.3, 0.4) is 0 Å². The molecule has 6 heteroatoms. The molecule has 19 heavy (non-hydrogen) atoms. The van der Waals surface area contributed by atoms with Crippen molar-refractivity contribution >= 4 is 11.4 Å². The van der Waals surface area contributed by atoms with Crippen LogP contribution in [-0.4, -0.2) is 41.7 Å². The zero-order chi connectivity index (χ0) is 14.4. The lowest BCUT2D eigenvalue weighted by atomic mass is 10.1. The quantitative estimate of drug-likeness (QED) is 0.582. The first kappa shape index (κ1) is 15.4. The second kappa shape index (κ2) is 7.06. The molecule has 0 aliphatic carbocycles. The fourth-order valence-electron chi connectivity index (χ4n) is 1.85. The maximum Gasteiger partial charge on any atom is 0.269 e. The SMILES string of the molecule is CNc1ccc([N+](=O)[O-])cc1CN(C)CCC(C)O. The van der Waals surface area contributed by atoms with Crippen molar-refractivity contribution in [2.45, 2.75) is 26.0 Å². The lowest BCUT2D eigenvalue weighted by Gasteiger charge is -2.19. The molecule has 0 aliphatic heterocycles. The Morgan fingerprint density at radius 2 is 2.21 bits per heavy atom. The number of nitrogens with one attached hydrogen (secondary N) is 1. The monoisotopic (exact) mass is 267 g/mol. The number of nitrogens with zero attached hydrogens (tertiary/aromatic N) is 2. The van der Waals surface area contributed by atoms with Gasteiger partial charge in [0.1, 0.15) is 0 Å². The van der Waals surface area contributed by atoms with Crippen LogP contribution < -0.4 is 5.32 Å². The zero-order valence-electron chi connectivity index (χ0n) is 11.6. The molecule has 0 saturated carbocycles. The molecule has 1 aromatic rings. The summed E-state index contributed by atoms with van der Waals surface area (Å²) in [6.07, 6.45) is 0.344. The zero-order valence-corrected chi connectivity index (χ0v) is 11.6. The van der Waals surface area contributed by atoms with Crippen LogP contribution in [0.4, 0.5) is 11.4 Å². The molecule has 1 unspecified atom stereocenters. The van der Waals surface area contributed by atoms with Gasteiger partial charge >= 0.3 is 0 Å². The summed E-state index contributed by atoms with van der Waals surface area (Å²) in [5, 5.41) is 23.1. The molecule has 0 aliphatic rings. The highest BCUT2D eigenvalue weighted by Crippen LogP contribution is 2.23. The number of aliphatic hydroxyl groups is 1. The average molecular weight is 267 g/mol. The van der Waals surface area contributed by atoms with Gasteiger partial charge in [0.2, 0.25) is 0 Å². The maximum atomic E-state index is 10.8. The Morgan fingerprint density at radius 3 is 2.74 bits per heavy atom. The molecule has 0 aromatic heterocycles. The van der Waals surface area contributed by atoms with Gasteiger partial charge in [0.15, 0.2) is 0 Å². The van der Waals surface area contributed by atoms with E-state index in [-0.39, 0.29) is 11.8 Å². The van der Waals surface area contributed by atoms with E-state index < -0.39 is 4.92 Å². The summed E-state index contributed by atoms with van der Waals surface area (Å²) in [5.41, 5.74) is 1.86. The highest BCUT2D eigenvalue weighted by atomic mass is 16.6. The van der Waals surface area contributed by atoms with Crippen molar-refractivity contribution in [3.8, 4) is 0 Å². The summed E-state index contributed by atoms with van der Waals surface area (Å²) in [7, 11) is 3.72. The third-order valence-corrected chi connectivity index (χ3v) is 2.94. The van der Waals surface area contributed by atoms with Crippen LogP contribution in [-0.2, 0) is 6.54 Å². The van der Waals surface area contributed by atoms with E-state index in [9.17, 15) is 15.2 Å². The van der Waals surface area contributed by atoms with Gasteiger partial charge in [-0.3, -0.25) is 10.1 Å². The van der Waals surface area contributed by atoms with Gasteiger partial charge in [0.05, 0.1) is 11.0 Å². The maximum absolute atomic E-state index is 10.8. The van der Waals surface area contributed by atoms with E-state index in [1.807, 2.05) is 11.9 Å². The van der Waals surface area contributed by atoms with Gasteiger partial charge < -0.3 is 15.3 Å². The summed E-state index contributed by atoms with van der Waals surface area (Å²) in [5.74, 6) is 0. The summed E-state index contributed by atoms with van der Waals surface area (Å²) in [4.78, 5) is 12.4. The van der Waals surface area contributed by atoms with Crippen molar-refractivity contribution in [2.24, 2.45) is 0 Å². The van der Waals surface area contributed by atoms with Gasteiger partial charge in [0.25, 0.3) is 5.69 Å². The Labute approximate surface area is 113 Å². The van der Waals surface area contributed by atoms with E-state index in [0.29, 0.717) is 13.0 Å². The summed E-state index contributed by atoms with van der Waals surface area (Å²) < 4.78 is 0. The Bertz CT molecular complexity index is 435. The number of aliphatic hydroxyl groups excluding tert-OH is 1. The molecule has 0 amide bonds. The molecular weight excluding hydrogens is 246 g/mol. The molecule has 0 fully saturated rings. The van der Waals surface area contributed by atoms with Crippen LogP contribution >= 0.6 is 0 Å². The van der Waals surface area contributed by atoms with Crippen LogP contribution in [0.2, 0.25) is 0 Å². The predicted molar refractivity (Wildman–Crippen MR) is 75.3 cm³/mol. The smallest absolute Gasteiger partial charge is 0.269 e. The second-order valence-corrected chi connectivity index (χ2v) is 4.72. The Morgan fingerprint density at radius 1 is 1.53 bits per heavy atom. The number of hydrogen-bond donors (Lipinski definition) is 2. The molecule has 0 heterocycles. The van der Waals surface area contributed by atoms with E-state index in [1.165, 1.54) is 6.07 Å². The highest BCUT2D eigenvalue weighted by molar-refractivity contribution is 5.55. The lowest BCUT2D eigenvalue weighted by Crippen LogP contribution is -2.22. The molecule has 6 nitrogen and oxygen atoms in total. The van der Waals surface area contributed by atoms with Crippen LogP contribution in [0.1, 0.15) is 18.9 Å². The van der Waals surface area contributed by atoms with Crippen LogP contribution in [0.15, 0.2) is 18.2 Å². The standard InChI is InChI=1S/C13H21N3O3/c1-10(17)6-7-15(3)9-11-8-12(16(18)19)4-5-13(11)14-2/h4-5,8,10,14,17H,6-7,9H2,1-3H3. The molecule has 0 saturated heterocycles. The molecule has 0 radical (unpaired) electrons. The van der Waals surface area contributed by atoms with Crippen LogP contribution in [0, 0.1) is 10.1 Å². The lowest BCUT2D eigenvalue weighted by molar-refractivity contribution is -0.384. The first-order valence-corrected chi connectivity index (χ1v) is 6.25. The minimum absolute atomic E-state index is 0.0953. The second-order valence-electron chi connectivity index (χ2n) is 4.72. The molecular formula is C13H21N3O3. The molecule has 106 valence electrons. The first-order chi connectivity index (χ1) is 8.93. The number of anilines is 1. The number of nitro groups is 1. The summed E-state index contributed by atoms with van der Waals surface area (Å²) >= 11 is 0. The van der Waals surface area contributed by atoms with Crippen LogP contribution in [0.25, 0.3) is 0 Å². The third kappa shape index (κ3) is 4.84. The number of hydrogen-bond acceptors (Lipinski definition) is 5. The van der Waals surface area contributed by atoms with Gasteiger partial charge in [-0.2, -0.15) is 0 Å². The Kier molecular flexibility index (Phi) is 5.72. The van der Waals surface area contributed by atoms with E-state index in [0.717, 1.165) is 17.8 Å². The van der Waals surface area contributed by atoms with Gasteiger partial charge in [-0.05, 0) is 32.0 Å². The van der Waals surface area contributed by atoms with E-state index in [2.05, 4.69) is 5.32 Å². The Hall–Kier alpha value is -1.66. The average Bonchev–Trinajstić information content (AvgIpc) is 2.36. The van der Waals surface area contributed by atoms with Crippen molar-refractivity contribution in [3.63, 3.8) is 0 Å². The predicted octanol–water partition coefficient (Wildman–Crippen LogP) is 1.84. The molecule has 0 bridgehead atoms. The van der Waals surface area contributed by atoms with Gasteiger partial charge in [-0.1, -0.05) is 0 Å². The molecule has 1 aromatic carbocycles. The molecule has 0 spiro atoms. The van der Waals surface area contributed by atoms with Crippen molar-refractivity contribution in [1.29, 1.82) is 0 Å². The molecule has 1 rings (SSSR count). The first-order valence-electron chi connectivity index (χ1n) is 6.25. The van der Waals surface area contributed by atoms with Crippen molar-refractivity contribution in [3.05, 3.63) is 33.9 Å². The third-order valence-electron chi connectivity index (χ3n) is 2.94. The van der Waals surface area contributed by atoms with E-state index in [1.54, 1.807) is 26.1 Å². The minimum atomic E-state index is -0.390. The minimum Gasteiger partial charge on any atom is -0.393 e. The van der Waals surface area contributed by atoms with Crippen molar-refractivity contribution < 1.29 is 10.0 Å². The largest absolute Gasteiger partial charge is 0.393 e. The highest BCUT2D eigenvalue weighted by Gasteiger charge is 2.12. The topological polar surface area (TPSA) is 78.6 Å². The Balaban J connectivity index is 2.79. The molecule has 1 atom stereocenters. The fraction of sp³-hybridized carbons (Fsp3) is 0.538. The van der Waals surface area contributed by atoms with Gasteiger partial charge in [-0.15, -0.1) is 0 Å². The molecule has 2 N–H and O–H groups in total. The number of rotatable bonds is 7. The summed E-state index contributed by atoms with van der Waals surface area (Å²) in [6, 6.07) is 4.80.